The van der Waals surface area contributed by atoms with Crippen LogP contribution in [0.25, 0.3) is 0 Å². The zero-order valence-corrected chi connectivity index (χ0v) is 12.9. The van der Waals surface area contributed by atoms with Crippen LogP contribution in [0.4, 0.5) is 0 Å². The Labute approximate surface area is 126 Å². The fourth-order valence-corrected chi connectivity index (χ4v) is 2.34. The molecule has 2 aromatic carbocycles. The van der Waals surface area contributed by atoms with Crippen LogP contribution in [0.5, 0.6) is 11.5 Å². The highest BCUT2D eigenvalue weighted by molar-refractivity contribution is 5.38. The van der Waals surface area contributed by atoms with Crippen LogP contribution in [0.1, 0.15) is 23.6 Å². The number of hydrogen-bond donors (Lipinski definition) is 1. The molecule has 2 rings (SSSR count). The molecule has 0 radical (unpaired) electrons. The maximum absolute atomic E-state index is 5.99. The molecule has 0 aliphatic carbocycles. The van der Waals surface area contributed by atoms with Crippen molar-refractivity contribution in [3.63, 3.8) is 0 Å². The SMILES string of the molecule is COc1ccc(C)cc1COc1ccccc1CC(C)N. The molecule has 0 aromatic heterocycles. The molecule has 2 N–H and O–H groups in total. The Morgan fingerprint density at radius 3 is 2.52 bits per heavy atom. The fraction of sp³-hybridized carbons (Fsp3) is 0.333. The van der Waals surface area contributed by atoms with Gasteiger partial charge in [0.2, 0.25) is 0 Å². The Morgan fingerprint density at radius 2 is 1.81 bits per heavy atom. The Hall–Kier alpha value is -2.00. The fourth-order valence-electron chi connectivity index (χ4n) is 2.34. The number of aryl methyl sites for hydroxylation is 1. The smallest absolute Gasteiger partial charge is 0.125 e. The van der Waals surface area contributed by atoms with Crippen molar-refractivity contribution in [3.8, 4) is 11.5 Å². The van der Waals surface area contributed by atoms with Crippen LogP contribution in [0.2, 0.25) is 0 Å². The second-order valence-electron chi connectivity index (χ2n) is 5.39. The van der Waals surface area contributed by atoms with E-state index < -0.39 is 0 Å². The van der Waals surface area contributed by atoms with Gasteiger partial charge >= 0.3 is 0 Å². The first-order valence-electron chi connectivity index (χ1n) is 7.20. The molecule has 3 nitrogen and oxygen atoms in total. The lowest BCUT2D eigenvalue weighted by atomic mass is 10.1. The Bertz CT molecular complexity index is 594. The molecule has 0 aliphatic heterocycles. The molecule has 0 aliphatic rings. The summed E-state index contributed by atoms with van der Waals surface area (Å²) in [6.07, 6.45) is 0.807. The average molecular weight is 285 g/mol. The van der Waals surface area contributed by atoms with Gasteiger partial charge in [-0.1, -0.05) is 29.8 Å². The zero-order chi connectivity index (χ0) is 15.2. The monoisotopic (exact) mass is 285 g/mol. The van der Waals surface area contributed by atoms with Gasteiger partial charge in [0.25, 0.3) is 0 Å². The summed E-state index contributed by atoms with van der Waals surface area (Å²) in [6.45, 7) is 4.55. The first kappa shape index (κ1) is 15.4. The second kappa shape index (κ2) is 7.14. The zero-order valence-electron chi connectivity index (χ0n) is 12.9. The van der Waals surface area contributed by atoms with Crippen molar-refractivity contribution in [2.45, 2.75) is 32.9 Å². The van der Waals surface area contributed by atoms with Gasteiger partial charge in [0.1, 0.15) is 18.1 Å². The highest BCUT2D eigenvalue weighted by atomic mass is 16.5. The molecule has 1 unspecified atom stereocenters. The topological polar surface area (TPSA) is 44.5 Å². The predicted octanol–water partition coefficient (Wildman–Crippen LogP) is 3.47. The number of rotatable bonds is 6. The first-order valence-corrected chi connectivity index (χ1v) is 7.20. The second-order valence-corrected chi connectivity index (χ2v) is 5.39. The first-order chi connectivity index (χ1) is 10.1. The van der Waals surface area contributed by atoms with Gasteiger partial charge in [-0.25, -0.2) is 0 Å². The quantitative estimate of drug-likeness (QED) is 0.884. The van der Waals surface area contributed by atoms with E-state index in [1.807, 2.05) is 37.3 Å². The van der Waals surface area contributed by atoms with Crippen LogP contribution in [-0.4, -0.2) is 13.2 Å². The lowest BCUT2D eigenvalue weighted by molar-refractivity contribution is 0.293. The van der Waals surface area contributed by atoms with Gasteiger partial charge in [0.05, 0.1) is 7.11 Å². The Kier molecular flexibility index (Phi) is 5.23. The van der Waals surface area contributed by atoms with Crippen molar-refractivity contribution in [3.05, 3.63) is 59.2 Å². The lowest BCUT2D eigenvalue weighted by Crippen LogP contribution is -2.18. The van der Waals surface area contributed by atoms with Crippen molar-refractivity contribution in [2.75, 3.05) is 7.11 Å². The number of nitrogens with two attached hydrogens (primary N) is 1. The van der Waals surface area contributed by atoms with Gasteiger partial charge in [0, 0.05) is 11.6 Å². The molecule has 0 bridgehead atoms. The largest absolute Gasteiger partial charge is 0.496 e. The molecular formula is C18H23NO2. The summed E-state index contributed by atoms with van der Waals surface area (Å²) in [7, 11) is 1.68. The summed E-state index contributed by atoms with van der Waals surface area (Å²) in [4.78, 5) is 0. The number of benzene rings is 2. The average Bonchev–Trinajstić information content (AvgIpc) is 2.46. The molecule has 0 heterocycles. The molecular weight excluding hydrogens is 262 g/mol. The van der Waals surface area contributed by atoms with Crippen molar-refractivity contribution in [2.24, 2.45) is 5.73 Å². The summed E-state index contributed by atoms with van der Waals surface area (Å²) < 4.78 is 11.4. The van der Waals surface area contributed by atoms with Crippen molar-refractivity contribution < 1.29 is 9.47 Å². The van der Waals surface area contributed by atoms with Crippen LogP contribution in [0.15, 0.2) is 42.5 Å². The number of ether oxygens (including phenoxy) is 2. The molecule has 0 saturated carbocycles. The van der Waals surface area contributed by atoms with Crippen molar-refractivity contribution >= 4 is 0 Å². The Morgan fingerprint density at radius 1 is 1.05 bits per heavy atom. The summed E-state index contributed by atoms with van der Waals surface area (Å²) in [5.74, 6) is 1.74. The third kappa shape index (κ3) is 4.23. The van der Waals surface area contributed by atoms with Crippen LogP contribution in [0.3, 0.4) is 0 Å². The standard InChI is InChI=1S/C18H23NO2/c1-13-8-9-17(20-3)16(10-13)12-21-18-7-5-4-6-15(18)11-14(2)19/h4-10,14H,11-12,19H2,1-3H3. The van der Waals surface area contributed by atoms with Gasteiger partial charge in [-0.3, -0.25) is 0 Å². The molecule has 112 valence electrons. The molecule has 2 aromatic rings. The minimum atomic E-state index is 0.114. The van der Waals surface area contributed by atoms with Gasteiger partial charge in [0.15, 0.2) is 0 Å². The highest BCUT2D eigenvalue weighted by Gasteiger charge is 2.08. The summed E-state index contributed by atoms with van der Waals surface area (Å²) in [5.41, 5.74) is 9.27. The summed E-state index contributed by atoms with van der Waals surface area (Å²) in [6, 6.07) is 14.3. The van der Waals surface area contributed by atoms with E-state index in [-0.39, 0.29) is 6.04 Å². The third-order valence-electron chi connectivity index (χ3n) is 3.33. The van der Waals surface area contributed by atoms with E-state index in [2.05, 4.69) is 19.1 Å². The summed E-state index contributed by atoms with van der Waals surface area (Å²) in [5, 5.41) is 0. The van der Waals surface area contributed by atoms with Gasteiger partial charge in [-0.2, -0.15) is 0 Å². The molecule has 1 atom stereocenters. The van der Waals surface area contributed by atoms with E-state index in [1.165, 1.54) is 5.56 Å². The van der Waals surface area contributed by atoms with E-state index in [4.69, 9.17) is 15.2 Å². The van der Waals surface area contributed by atoms with Crippen LogP contribution < -0.4 is 15.2 Å². The molecule has 21 heavy (non-hydrogen) atoms. The molecule has 0 fully saturated rings. The highest BCUT2D eigenvalue weighted by Crippen LogP contribution is 2.24. The van der Waals surface area contributed by atoms with Crippen LogP contribution >= 0.6 is 0 Å². The molecule has 0 spiro atoms. The van der Waals surface area contributed by atoms with E-state index in [9.17, 15) is 0 Å². The molecule has 0 saturated heterocycles. The third-order valence-corrected chi connectivity index (χ3v) is 3.33. The number of para-hydroxylation sites is 1. The molecule has 3 heteroatoms. The van der Waals surface area contributed by atoms with Crippen LogP contribution in [0, 0.1) is 6.92 Å². The minimum Gasteiger partial charge on any atom is -0.496 e. The minimum absolute atomic E-state index is 0.114. The normalized spacial score (nSPS) is 12.0. The summed E-state index contributed by atoms with van der Waals surface area (Å²) >= 11 is 0. The van der Waals surface area contributed by atoms with Gasteiger partial charge in [-0.05, 0) is 44.0 Å². The van der Waals surface area contributed by atoms with Crippen molar-refractivity contribution in [1.29, 1.82) is 0 Å². The van der Waals surface area contributed by atoms with E-state index >= 15 is 0 Å². The van der Waals surface area contributed by atoms with E-state index in [1.54, 1.807) is 7.11 Å². The number of methoxy groups -OCH3 is 1. The van der Waals surface area contributed by atoms with Crippen LogP contribution in [-0.2, 0) is 13.0 Å². The Balaban J connectivity index is 2.15. The maximum Gasteiger partial charge on any atom is 0.125 e. The van der Waals surface area contributed by atoms with E-state index in [0.717, 1.165) is 29.0 Å². The van der Waals surface area contributed by atoms with Gasteiger partial charge < -0.3 is 15.2 Å². The van der Waals surface area contributed by atoms with E-state index in [0.29, 0.717) is 6.61 Å². The maximum atomic E-state index is 5.99. The lowest BCUT2D eigenvalue weighted by Gasteiger charge is -2.15. The predicted molar refractivity (Wildman–Crippen MR) is 85.9 cm³/mol. The van der Waals surface area contributed by atoms with Crippen molar-refractivity contribution in [1.82, 2.24) is 0 Å². The molecule has 0 amide bonds. The van der Waals surface area contributed by atoms with Gasteiger partial charge in [-0.15, -0.1) is 0 Å². The number of hydrogen-bond acceptors (Lipinski definition) is 3.